The monoisotopic (exact) mass is 273 g/mol. The van der Waals surface area contributed by atoms with E-state index in [9.17, 15) is 9.59 Å². The van der Waals surface area contributed by atoms with Gasteiger partial charge < -0.3 is 5.32 Å². The van der Waals surface area contributed by atoms with Gasteiger partial charge in [0.25, 0.3) is 0 Å². The molecular weight excluding hydrogens is 258 g/mol. The van der Waals surface area contributed by atoms with E-state index < -0.39 is 0 Å². The zero-order valence-electron chi connectivity index (χ0n) is 10.8. The van der Waals surface area contributed by atoms with Gasteiger partial charge in [0.1, 0.15) is 0 Å². The van der Waals surface area contributed by atoms with Crippen LogP contribution in [-0.4, -0.2) is 16.8 Å². The lowest BCUT2D eigenvalue weighted by Crippen LogP contribution is -2.18. The van der Waals surface area contributed by atoms with Crippen LogP contribution in [0.5, 0.6) is 0 Å². The Bertz CT molecular complexity index is 569. The number of anilines is 1. The Kier molecular flexibility index (Phi) is 4.64. The first-order valence-corrected chi connectivity index (χ1v) is 7.19. The molecule has 0 aliphatic carbocycles. The molecule has 0 saturated heterocycles. The van der Waals surface area contributed by atoms with Crippen molar-refractivity contribution in [3.8, 4) is 11.8 Å². The minimum absolute atomic E-state index is 0.0765. The summed E-state index contributed by atoms with van der Waals surface area (Å²) in [6, 6.07) is 5.84. The molecule has 1 amide bonds. The second-order valence-corrected chi connectivity index (χ2v) is 5.58. The summed E-state index contributed by atoms with van der Waals surface area (Å²) in [6.45, 7) is 1.57. The number of carbonyl (C=O) groups excluding carboxylic acids is 2. The Hall–Kier alpha value is -1.73. The van der Waals surface area contributed by atoms with Gasteiger partial charge in [-0.05, 0) is 30.2 Å². The van der Waals surface area contributed by atoms with E-state index in [2.05, 4.69) is 17.2 Å². The molecule has 1 heterocycles. The maximum absolute atomic E-state index is 11.2. The molecule has 1 aliphatic rings. The molecule has 0 saturated carbocycles. The molecule has 2 rings (SSSR count). The van der Waals surface area contributed by atoms with Crippen LogP contribution in [0.15, 0.2) is 18.2 Å². The van der Waals surface area contributed by atoms with Crippen molar-refractivity contribution in [3.63, 3.8) is 0 Å². The topological polar surface area (TPSA) is 46.2 Å². The van der Waals surface area contributed by atoms with E-state index in [-0.39, 0.29) is 11.0 Å². The van der Waals surface area contributed by atoms with Gasteiger partial charge in [0.2, 0.25) is 5.91 Å². The molecule has 1 aliphatic heterocycles. The summed E-state index contributed by atoms with van der Waals surface area (Å²) in [6.07, 6.45) is 2.02. The van der Waals surface area contributed by atoms with E-state index in [1.165, 1.54) is 11.8 Å². The fourth-order valence-corrected chi connectivity index (χ4v) is 2.36. The van der Waals surface area contributed by atoms with Crippen molar-refractivity contribution in [3.05, 3.63) is 29.3 Å². The second kappa shape index (κ2) is 6.44. The SMILES string of the molecule is CC(=O)SCCC#Cc1ccc2c(c1)CCC(=O)N2. The third kappa shape index (κ3) is 4.15. The smallest absolute Gasteiger partial charge is 0.224 e. The Morgan fingerprint density at radius 3 is 3.05 bits per heavy atom. The minimum Gasteiger partial charge on any atom is -0.326 e. The van der Waals surface area contributed by atoms with Gasteiger partial charge in [-0.25, -0.2) is 0 Å². The molecule has 1 aromatic rings. The molecule has 3 nitrogen and oxygen atoms in total. The van der Waals surface area contributed by atoms with Gasteiger partial charge in [0.05, 0.1) is 0 Å². The summed E-state index contributed by atoms with van der Waals surface area (Å²) in [5.41, 5.74) is 3.00. The van der Waals surface area contributed by atoms with Gasteiger partial charge in [-0.2, -0.15) is 0 Å². The highest BCUT2D eigenvalue weighted by molar-refractivity contribution is 8.13. The molecule has 0 atom stereocenters. The number of carbonyl (C=O) groups is 2. The fourth-order valence-electron chi connectivity index (χ4n) is 1.87. The molecule has 0 radical (unpaired) electrons. The van der Waals surface area contributed by atoms with Crippen LogP contribution in [0.2, 0.25) is 0 Å². The number of aryl methyl sites for hydroxylation is 1. The second-order valence-electron chi connectivity index (χ2n) is 4.31. The third-order valence-corrected chi connectivity index (χ3v) is 3.58. The number of fused-ring (bicyclic) bond motifs is 1. The predicted molar refractivity (Wildman–Crippen MR) is 78.0 cm³/mol. The normalized spacial score (nSPS) is 13.0. The van der Waals surface area contributed by atoms with Crippen LogP contribution in [0.3, 0.4) is 0 Å². The number of hydrogen-bond donors (Lipinski definition) is 1. The van der Waals surface area contributed by atoms with Gasteiger partial charge in [0, 0.05) is 36.8 Å². The van der Waals surface area contributed by atoms with Crippen molar-refractivity contribution in [2.45, 2.75) is 26.2 Å². The lowest BCUT2D eigenvalue weighted by molar-refractivity contribution is -0.116. The van der Waals surface area contributed by atoms with Crippen LogP contribution in [-0.2, 0) is 16.0 Å². The average Bonchev–Trinajstić information content (AvgIpc) is 2.38. The maximum atomic E-state index is 11.2. The summed E-state index contributed by atoms with van der Waals surface area (Å²) in [5.74, 6) is 6.97. The molecule has 98 valence electrons. The van der Waals surface area contributed by atoms with Gasteiger partial charge in [-0.15, -0.1) is 0 Å². The summed E-state index contributed by atoms with van der Waals surface area (Å²) >= 11 is 1.30. The zero-order chi connectivity index (χ0) is 13.7. The lowest BCUT2D eigenvalue weighted by Gasteiger charge is -2.16. The van der Waals surface area contributed by atoms with Crippen LogP contribution in [0.1, 0.15) is 30.9 Å². The summed E-state index contributed by atoms with van der Waals surface area (Å²) in [7, 11) is 0. The molecule has 1 aromatic carbocycles. The van der Waals surface area contributed by atoms with Crippen molar-refractivity contribution in [1.29, 1.82) is 0 Å². The summed E-state index contributed by atoms with van der Waals surface area (Å²) in [4.78, 5) is 22.0. The predicted octanol–water partition coefficient (Wildman–Crippen LogP) is 2.59. The number of thioether (sulfide) groups is 1. The lowest BCUT2D eigenvalue weighted by atomic mass is 10.0. The molecule has 0 bridgehead atoms. The molecule has 1 N–H and O–H groups in total. The van der Waals surface area contributed by atoms with E-state index in [4.69, 9.17) is 0 Å². The van der Waals surface area contributed by atoms with Crippen molar-refractivity contribution < 1.29 is 9.59 Å². The number of nitrogens with one attached hydrogen (secondary N) is 1. The molecule has 0 aromatic heterocycles. The number of benzene rings is 1. The summed E-state index contributed by atoms with van der Waals surface area (Å²) < 4.78 is 0. The molecule has 19 heavy (non-hydrogen) atoms. The molecular formula is C15H15NO2S. The number of amides is 1. The van der Waals surface area contributed by atoms with Crippen LogP contribution in [0.4, 0.5) is 5.69 Å². The maximum Gasteiger partial charge on any atom is 0.224 e. The molecule has 0 spiro atoms. The first-order chi connectivity index (χ1) is 9.15. The van der Waals surface area contributed by atoms with E-state index in [0.717, 1.165) is 29.0 Å². The van der Waals surface area contributed by atoms with Gasteiger partial charge >= 0.3 is 0 Å². The Labute approximate surface area is 117 Å². The van der Waals surface area contributed by atoms with Crippen molar-refractivity contribution in [2.24, 2.45) is 0 Å². The first-order valence-electron chi connectivity index (χ1n) is 6.20. The molecule has 0 fully saturated rings. The van der Waals surface area contributed by atoms with Gasteiger partial charge in [0.15, 0.2) is 5.12 Å². The van der Waals surface area contributed by atoms with Crippen molar-refractivity contribution >= 4 is 28.5 Å². The van der Waals surface area contributed by atoms with Gasteiger partial charge in [-0.1, -0.05) is 23.6 Å². The molecule has 0 unspecified atom stereocenters. The van der Waals surface area contributed by atoms with E-state index in [1.54, 1.807) is 6.92 Å². The van der Waals surface area contributed by atoms with Crippen LogP contribution in [0, 0.1) is 11.8 Å². The largest absolute Gasteiger partial charge is 0.326 e. The highest BCUT2D eigenvalue weighted by Gasteiger charge is 2.13. The minimum atomic E-state index is 0.0765. The molecule has 4 heteroatoms. The van der Waals surface area contributed by atoms with Crippen LogP contribution < -0.4 is 5.32 Å². The number of hydrogen-bond acceptors (Lipinski definition) is 3. The highest BCUT2D eigenvalue weighted by atomic mass is 32.2. The standard InChI is InChI=1S/C15H15NO2S/c1-11(17)19-9-3-2-4-12-5-7-14-13(10-12)6-8-15(18)16-14/h5,7,10H,3,6,8-9H2,1H3,(H,16,18). The van der Waals surface area contributed by atoms with E-state index >= 15 is 0 Å². The van der Waals surface area contributed by atoms with Crippen LogP contribution >= 0.6 is 11.8 Å². The highest BCUT2D eigenvalue weighted by Crippen LogP contribution is 2.23. The quantitative estimate of drug-likeness (QED) is 0.665. The fraction of sp³-hybridized carbons (Fsp3) is 0.333. The van der Waals surface area contributed by atoms with E-state index in [1.807, 2.05) is 18.2 Å². The zero-order valence-corrected chi connectivity index (χ0v) is 11.6. The summed E-state index contributed by atoms with van der Waals surface area (Å²) in [5, 5.41) is 2.98. The number of rotatable bonds is 2. The Balaban J connectivity index is 1.97. The van der Waals surface area contributed by atoms with Gasteiger partial charge in [-0.3, -0.25) is 9.59 Å². The average molecular weight is 273 g/mol. The van der Waals surface area contributed by atoms with Crippen molar-refractivity contribution in [1.82, 2.24) is 0 Å². The Morgan fingerprint density at radius 2 is 2.26 bits per heavy atom. The Morgan fingerprint density at radius 1 is 1.42 bits per heavy atom. The van der Waals surface area contributed by atoms with E-state index in [0.29, 0.717) is 12.8 Å². The first kappa shape index (κ1) is 13.7. The van der Waals surface area contributed by atoms with Crippen LogP contribution in [0.25, 0.3) is 0 Å². The van der Waals surface area contributed by atoms with Crippen molar-refractivity contribution in [2.75, 3.05) is 11.1 Å². The third-order valence-electron chi connectivity index (χ3n) is 2.77.